The fourth-order valence-corrected chi connectivity index (χ4v) is 2.39. The van der Waals surface area contributed by atoms with Crippen LogP contribution in [0.5, 0.6) is 0 Å². The Kier molecular flexibility index (Phi) is 6.28. The molecule has 0 radical (unpaired) electrons. The average Bonchev–Trinajstić information content (AvgIpc) is 2.71. The first-order valence-electron chi connectivity index (χ1n) is 5.97. The Morgan fingerprint density at radius 2 is 2.24 bits per heavy atom. The van der Waals surface area contributed by atoms with Crippen LogP contribution in [0.4, 0.5) is 0 Å². The van der Waals surface area contributed by atoms with Gasteiger partial charge in [0.15, 0.2) is 0 Å². The summed E-state index contributed by atoms with van der Waals surface area (Å²) in [6, 6.07) is 2.11. The van der Waals surface area contributed by atoms with Crippen LogP contribution in [0, 0.1) is 17.8 Å². The van der Waals surface area contributed by atoms with E-state index in [9.17, 15) is 0 Å². The van der Waals surface area contributed by atoms with Crippen LogP contribution >= 0.6 is 11.3 Å². The lowest BCUT2D eigenvalue weighted by Crippen LogP contribution is -2.19. The summed E-state index contributed by atoms with van der Waals surface area (Å²) in [6.45, 7) is 6.55. The topological polar surface area (TPSA) is 23.5 Å². The van der Waals surface area contributed by atoms with E-state index < -0.39 is 0 Å². The quantitative estimate of drug-likeness (QED) is 0.813. The zero-order chi connectivity index (χ0) is 12.7. The molecule has 0 saturated heterocycles. The maximum atomic E-state index is 8.62. The van der Waals surface area contributed by atoms with Gasteiger partial charge in [0.1, 0.15) is 6.61 Å². The van der Waals surface area contributed by atoms with Crippen molar-refractivity contribution in [3.05, 3.63) is 21.9 Å². The predicted molar refractivity (Wildman–Crippen MR) is 74.1 cm³/mol. The average molecular weight is 251 g/mol. The van der Waals surface area contributed by atoms with Crippen LogP contribution in [0.2, 0.25) is 0 Å². The van der Waals surface area contributed by atoms with Gasteiger partial charge in [0, 0.05) is 22.4 Å². The third-order valence-electron chi connectivity index (χ3n) is 2.48. The normalized spacial score (nSPS) is 10.7. The van der Waals surface area contributed by atoms with Gasteiger partial charge in [0.2, 0.25) is 0 Å². The Labute approximate surface area is 108 Å². The van der Waals surface area contributed by atoms with Gasteiger partial charge in [-0.15, -0.1) is 11.3 Å². The van der Waals surface area contributed by atoms with Crippen LogP contribution in [-0.2, 0) is 6.54 Å². The molecule has 1 aromatic rings. The smallest absolute Gasteiger partial charge is 0.104 e. The summed E-state index contributed by atoms with van der Waals surface area (Å²) in [6.07, 6.45) is 1.24. The van der Waals surface area contributed by atoms with E-state index in [1.54, 1.807) is 11.3 Å². The largest absolute Gasteiger partial charge is 0.384 e. The predicted octanol–water partition coefficient (Wildman–Crippen LogP) is 2.57. The van der Waals surface area contributed by atoms with Crippen molar-refractivity contribution >= 4 is 11.3 Å². The highest BCUT2D eigenvalue weighted by molar-refractivity contribution is 7.10. The zero-order valence-corrected chi connectivity index (χ0v) is 11.7. The molecule has 1 N–H and O–H groups in total. The van der Waals surface area contributed by atoms with Gasteiger partial charge < -0.3 is 10.0 Å². The van der Waals surface area contributed by atoms with Gasteiger partial charge in [-0.1, -0.05) is 25.7 Å². The van der Waals surface area contributed by atoms with Gasteiger partial charge in [-0.05, 0) is 32.0 Å². The van der Waals surface area contributed by atoms with E-state index in [1.807, 2.05) is 5.38 Å². The molecule has 3 heteroatoms. The minimum atomic E-state index is -0.0700. The molecule has 1 rings (SSSR count). The monoisotopic (exact) mass is 251 g/mol. The molecule has 0 aliphatic rings. The highest BCUT2D eigenvalue weighted by Crippen LogP contribution is 2.16. The van der Waals surface area contributed by atoms with Crippen molar-refractivity contribution in [2.45, 2.75) is 26.8 Å². The highest BCUT2D eigenvalue weighted by atomic mass is 32.1. The second-order valence-electron chi connectivity index (χ2n) is 4.68. The number of nitrogens with zero attached hydrogens (tertiary/aromatic N) is 1. The first-order chi connectivity index (χ1) is 8.11. The van der Waals surface area contributed by atoms with E-state index in [2.05, 4.69) is 43.7 Å². The Hall–Kier alpha value is -0.820. The Morgan fingerprint density at radius 3 is 2.88 bits per heavy atom. The van der Waals surface area contributed by atoms with Gasteiger partial charge in [0.05, 0.1) is 0 Å². The summed E-state index contributed by atoms with van der Waals surface area (Å²) in [5.41, 5.74) is 1.01. The molecule has 1 aromatic heterocycles. The first-order valence-corrected chi connectivity index (χ1v) is 6.85. The van der Waals surface area contributed by atoms with Crippen molar-refractivity contribution in [1.29, 1.82) is 0 Å². The molecule has 94 valence electrons. The molecule has 0 atom stereocenters. The molecule has 0 saturated carbocycles. The molecule has 1 heterocycles. The Bertz CT molecular complexity index is 386. The van der Waals surface area contributed by atoms with Gasteiger partial charge in [-0.3, -0.25) is 0 Å². The Morgan fingerprint density at radius 1 is 1.47 bits per heavy atom. The van der Waals surface area contributed by atoms with Crippen LogP contribution in [-0.4, -0.2) is 30.2 Å². The third kappa shape index (κ3) is 5.88. The number of aliphatic hydroxyl groups is 1. The summed E-state index contributed by atoms with van der Waals surface area (Å²) in [4.78, 5) is 3.67. The second-order valence-corrected chi connectivity index (χ2v) is 5.68. The van der Waals surface area contributed by atoms with Crippen molar-refractivity contribution in [3.63, 3.8) is 0 Å². The standard InChI is InChI=1S/C14H21NOS/c1-12(2)6-7-15(3)10-14-9-13(11-17-14)5-4-8-16/h9,11-12,16H,6-8,10H2,1-3H3. The van der Waals surface area contributed by atoms with E-state index >= 15 is 0 Å². The summed E-state index contributed by atoms with van der Waals surface area (Å²) in [5, 5.41) is 10.7. The third-order valence-corrected chi connectivity index (χ3v) is 3.40. The first kappa shape index (κ1) is 14.2. The van der Waals surface area contributed by atoms with Gasteiger partial charge in [0.25, 0.3) is 0 Å². The maximum absolute atomic E-state index is 8.62. The van der Waals surface area contributed by atoms with Gasteiger partial charge in [-0.2, -0.15) is 0 Å². The lowest BCUT2D eigenvalue weighted by Gasteiger charge is -2.16. The van der Waals surface area contributed by atoms with Crippen molar-refractivity contribution in [3.8, 4) is 11.8 Å². The number of hydrogen-bond acceptors (Lipinski definition) is 3. The zero-order valence-electron chi connectivity index (χ0n) is 10.9. The molecule has 0 aromatic carbocycles. The van der Waals surface area contributed by atoms with Crippen LogP contribution in [0.15, 0.2) is 11.4 Å². The Balaban J connectivity index is 2.43. The summed E-state index contributed by atoms with van der Waals surface area (Å²) < 4.78 is 0. The van der Waals surface area contributed by atoms with Crippen molar-refractivity contribution in [2.75, 3.05) is 20.2 Å². The molecule has 0 unspecified atom stereocenters. The molecule has 0 spiro atoms. The molecule has 0 bridgehead atoms. The van der Waals surface area contributed by atoms with E-state index in [0.29, 0.717) is 0 Å². The fourth-order valence-electron chi connectivity index (χ4n) is 1.49. The fraction of sp³-hybridized carbons (Fsp3) is 0.571. The lowest BCUT2D eigenvalue weighted by molar-refractivity contribution is 0.306. The second kappa shape index (κ2) is 7.50. The van der Waals surface area contributed by atoms with E-state index in [4.69, 9.17) is 5.11 Å². The SMILES string of the molecule is CC(C)CCN(C)Cc1cc(C#CCO)cs1. The van der Waals surface area contributed by atoms with E-state index in [0.717, 1.165) is 24.6 Å². The van der Waals surface area contributed by atoms with Crippen LogP contribution in [0.3, 0.4) is 0 Å². The number of aliphatic hydroxyl groups excluding tert-OH is 1. The van der Waals surface area contributed by atoms with Crippen molar-refractivity contribution in [2.24, 2.45) is 5.92 Å². The summed E-state index contributed by atoms with van der Waals surface area (Å²) in [7, 11) is 2.15. The van der Waals surface area contributed by atoms with Crippen molar-refractivity contribution in [1.82, 2.24) is 4.90 Å². The van der Waals surface area contributed by atoms with Gasteiger partial charge >= 0.3 is 0 Å². The summed E-state index contributed by atoms with van der Waals surface area (Å²) >= 11 is 1.74. The molecule has 0 amide bonds. The van der Waals surface area contributed by atoms with Gasteiger partial charge in [-0.25, -0.2) is 0 Å². The molecular formula is C14H21NOS. The highest BCUT2D eigenvalue weighted by Gasteiger charge is 2.04. The minimum absolute atomic E-state index is 0.0700. The lowest BCUT2D eigenvalue weighted by atomic mass is 10.1. The number of thiophene rings is 1. The van der Waals surface area contributed by atoms with Crippen LogP contribution in [0.25, 0.3) is 0 Å². The molecule has 0 aliphatic heterocycles. The van der Waals surface area contributed by atoms with Crippen molar-refractivity contribution < 1.29 is 5.11 Å². The molecular weight excluding hydrogens is 230 g/mol. The van der Waals surface area contributed by atoms with E-state index in [-0.39, 0.29) is 6.61 Å². The molecule has 0 aliphatic carbocycles. The van der Waals surface area contributed by atoms with Crippen LogP contribution in [0.1, 0.15) is 30.7 Å². The molecule has 17 heavy (non-hydrogen) atoms. The van der Waals surface area contributed by atoms with E-state index in [1.165, 1.54) is 11.3 Å². The maximum Gasteiger partial charge on any atom is 0.104 e. The number of hydrogen-bond donors (Lipinski definition) is 1. The van der Waals surface area contributed by atoms with Crippen LogP contribution < -0.4 is 0 Å². The number of rotatable bonds is 5. The minimum Gasteiger partial charge on any atom is -0.384 e. The molecule has 0 fully saturated rings. The molecule has 2 nitrogen and oxygen atoms in total. The summed E-state index contributed by atoms with van der Waals surface area (Å²) in [5.74, 6) is 6.36.